The van der Waals surface area contributed by atoms with E-state index in [0.717, 1.165) is 43.2 Å². The molecule has 0 saturated carbocycles. The summed E-state index contributed by atoms with van der Waals surface area (Å²) in [6, 6.07) is 13.9. The maximum absolute atomic E-state index is 9.73. The molecule has 3 heterocycles. The number of aromatic nitrogens is 3. The van der Waals surface area contributed by atoms with E-state index in [1.54, 1.807) is 12.4 Å². The third-order valence-corrected chi connectivity index (χ3v) is 5.52. The van der Waals surface area contributed by atoms with Crippen molar-refractivity contribution < 1.29 is 9.84 Å². The Bertz CT molecular complexity index is 991. The van der Waals surface area contributed by atoms with Gasteiger partial charge < -0.3 is 25.4 Å². The molecular weight excluding hydrogens is 404 g/mol. The molecule has 1 aromatic carbocycles. The van der Waals surface area contributed by atoms with Crippen LogP contribution in [0.4, 0.5) is 23.1 Å². The molecule has 0 bridgehead atoms. The number of hydrogen-bond acceptors (Lipinski definition) is 8. The highest BCUT2D eigenvalue weighted by Gasteiger charge is 2.16. The standard InChI is InChI=1S/C24H30N6O2/c1-17(2)22(16-31)28-24-27-21(18-4-3-9-25-15-18)14-23(29-24)26-19-5-7-20(8-6-19)30-10-12-32-13-11-30/h3-9,14-15,17,22,31H,10-13,16H2,1-2H3,(H2,26,27,28,29)/t22-/m0/s1. The lowest BCUT2D eigenvalue weighted by molar-refractivity contribution is 0.122. The van der Waals surface area contributed by atoms with E-state index in [0.29, 0.717) is 11.8 Å². The van der Waals surface area contributed by atoms with Gasteiger partial charge in [-0.05, 0) is 42.3 Å². The highest BCUT2D eigenvalue weighted by atomic mass is 16.5. The van der Waals surface area contributed by atoms with Crippen LogP contribution < -0.4 is 15.5 Å². The Morgan fingerprint density at radius 1 is 1.09 bits per heavy atom. The van der Waals surface area contributed by atoms with Crippen LogP contribution in [-0.4, -0.2) is 59.0 Å². The van der Waals surface area contributed by atoms with E-state index in [4.69, 9.17) is 4.74 Å². The summed E-state index contributed by atoms with van der Waals surface area (Å²) in [7, 11) is 0. The predicted octanol–water partition coefficient (Wildman–Crippen LogP) is 3.55. The molecule has 8 heteroatoms. The van der Waals surface area contributed by atoms with Crippen LogP contribution in [0, 0.1) is 5.92 Å². The summed E-state index contributed by atoms with van der Waals surface area (Å²) in [6.07, 6.45) is 3.51. The van der Waals surface area contributed by atoms with Gasteiger partial charge in [0.05, 0.1) is 31.6 Å². The second-order valence-electron chi connectivity index (χ2n) is 8.15. The van der Waals surface area contributed by atoms with Crippen molar-refractivity contribution in [2.24, 2.45) is 5.92 Å². The predicted molar refractivity (Wildman–Crippen MR) is 127 cm³/mol. The molecule has 1 atom stereocenters. The van der Waals surface area contributed by atoms with Crippen LogP contribution in [0.15, 0.2) is 54.9 Å². The Balaban J connectivity index is 1.58. The highest BCUT2D eigenvalue weighted by Crippen LogP contribution is 2.25. The monoisotopic (exact) mass is 434 g/mol. The van der Waals surface area contributed by atoms with Crippen molar-refractivity contribution in [3.63, 3.8) is 0 Å². The second kappa shape index (κ2) is 10.4. The van der Waals surface area contributed by atoms with Gasteiger partial charge in [0.15, 0.2) is 0 Å². The van der Waals surface area contributed by atoms with E-state index < -0.39 is 0 Å². The first-order valence-corrected chi connectivity index (χ1v) is 11.0. The Labute approximate surface area is 188 Å². The molecule has 2 aromatic heterocycles. The first-order valence-electron chi connectivity index (χ1n) is 11.0. The third kappa shape index (κ3) is 5.52. The molecular formula is C24H30N6O2. The van der Waals surface area contributed by atoms with Gasteiger partial charge in [0.2, 0.25) is 5.95 Å². The van der Waals surface area contributed by atoms with E-state index in [1.165, 1.54) is 5.69 Å². The molecule has 1 fully saturated rings. The minimum Gasteiger partial charge on any atom is -0.394 e. The average Bonchev–Trinajstić information content (AvgIpc) is 2.84. The van der Waals surface area contributed by atoms with Gasteiger partial charge in [-0.2, -0.15) is 4.98 Å². The van der Waals surface area contributed by atoms with E-state index in [1.807, 2.05) is 44.2 Å². The number of morpholine rings is 1. The van der Waals surface area contributed by atoms with Gasteiger partial charge in [-0.3, -0.25) is 4.98 Å². The van der Waals surface area contributed by atoms with Crippen molar-refractivity contribution in [1.82, 2.24) is 15.0 Å². The highest BCUT2D eigenvalue weighted by molar-refractivity contribution is 5.68. The molecule has 32 heavy (non-hydrogen) atoms. The molecule has 8 nitrogen and oxygen atoms in total. The molecule has 0 spiro atoms. The molecule has 0 radical (unpaired) electrons. The molecule has 4 rings (SSSR count). The summed E-state index contributed by atoms with van der Waals surface area (Å²) in [5.74, 6) is 1.36. The first-order chi connectivity index (χ1) is 15.6. The molecule has 168 valence electrons. The number of anilines is 4. The molecule has 3 N–H and O–H groups in total. The fourth-order valence-electron chi connectivity index (χ4n) is 3.55. The zero-order valence-electron chi connectivity index (χ0n) is 18.5. The maximum Gasteiger partial charge on any atom is 0.225 e. The normalized spacial score (nSPS) is 14.9. The number of benzene rings is 1. The van der Waals surface area contributed by atoms with Crippen molar-refractivity contribution in [3.8, 4) is 11.3 Å². The number of ether oxygens (including phenoxy) is 1. The summed E-state index contributed by atoms with van der Waals surface area (Å²) >= 11 is 0. The number of aliphatic hydroxyl groups excluding tert-OH is 1. The molecule has 0 unspecified atom stereocenters. The molecule has 1 aliphatic heterocycles. The Morgan fingerprint density at radius 3 is 2.53 bits per heavy atom. The topological polar surface area (TPSA) is 95.4 Å². The molecule has 0 amide bonds. The quantitative estimate of drug-likeness (QED) is 0.495. The fraction of sp³-hybridized carbons (Fsp3) is 0.375. The zero-order chi connectivity index (χ0) is 22.3. The first kappa shape index (κ1) is 22.0. The van der Waals surface area contributed by atoms with Crippen LogP contribution in [-0.2, 0) is 4.74 Å². The summed E-state index contributed by atoms with van der Waals surface area (Å²) in [6.45, 7) is 7.44. The third-order valence-electron chi connectivity index (χ3n) is 5.52. The van der Waals surface area contributed by atoms with Crippen LogP contribution in [0.2, 0.25) is 0 Å². The Kier molecular flexibility index (Phi) is 7.14. The van der Waals surface area contributed by atoms with Gasteiger partial charge >= 0.3 is 0 Å². The maximum atomic E-state index is 9.73. The largest absolute Gasteiger partial charge is 0.394 e. The second-order valence-corrected chi connectivity index (χ2v) is 8.15. The van der Waals surface area contributed by atoms with Crippen molar-refractivity contribution in [2.45, 2.75) is 19.9 Å². The molecule has 0 aliphatic carbocycles. The summed E-state index contributed by atoms with van der Waals surface area (Å²) in [5.41, 5.74) is 3.77. The van der Waals surface area contributed by atoms with Crippen molar-refractivity contribution in [2.75, 3.05) is 48.4 Å². The number of rotatable bonds is 8. The lowest BCUT2D eigenvalue weighted by atomic mass is 10.1. The van der Waals surface area contributed by atoms with Gasteiger partial charge in [0, 0.05) is 48.5 Å². The van der Waals surface area contributed by atoms with E-state index in [2.05, 4.69) is 42.6 Å². The lowest BCUT2D eigenvalue weighted by Crippen LogP contribution is -2.36. The van der Waals surface area contributed by atoms with Crippen LogP contribution in [0.3, 0.4) is 0 Å². The van der Waals surface area contributed by atoms with Gasteiger partial charge in [-0.15, -0.1) is 0 Å². The molecule has 1 aliphatic rings. The summed E-state index contributed by atoms with van der Waals surface area (Å²) in [5, 5.41) is 16.4. The lowest BCUT2D eigenvalue weighted by Gasteiger charge is -2.28. The molecule has 1 saturated heterocycles. The number of pyridine rings is 1. The van der Waals surface area contributed by atoms with Gasteiger partial charge in [-0.25, -0.2) is 4.98 Å². The van der Waals surface area contributed by atoms with Crippen LogP contribution in [0.25, 0.3) is 11.3 Å². The minimum atomic E-state index is -0.139. The van der Waals surface area contributed by atoms with Crippen molar-refractivity contribution >= 4 is 23.1 Å². The van der Waals surface area contributed by atoms with E-state index in [9.17, 15) is 5.11 Å². The van der Waals surface area contributed by atoms with Gasteiger partial charge in [0.1, 0.15) is 5.82 Å². The number of aliphatic hydroxyl groups is 1. The van der Waals surface area contributed by atoms with Gasteiger partial charge in [-0.1, -0.05) is 13.8 Å². The van der Waals surface area contributed by atoms with E-state index in [-0.39, 0.29) is 18.6 Å². The smallest absolute Gasteiger partial charge is 0.225 e. The zero-order valence-corrected chi connectivity index (χ0v) is 18.5. The Hall–Kier alpha value is -3.23. The average molecular weight is 435 g/mol. The summed E-state index contributed by atoms with van der Waals surface area (Å²) < 4.78 is 5.44. The van der Waals surface area contributed by atoms with Crippen molar-refractivity contribution in [1.29, 1.82) is 0 Å². The Morgan fingerprint density at radius 2 is 1.88 bits per heavy atom. The summed E-state index contributed by atoms with van der Waals surface area (Å²) in [4.78, 5) is 15.8. The fourth-order valence-corrected chi connectivity index (χ4v) is 3.55. The SMILES string of the molecule is CC(C)[C@H](CO)Nc1nc(Nc2ccc(N3CCOCC3)cc2)cc(-c2cccnc2)n1. The van der Waals surface area contributed by atoms with Crippen molar-refractivity contribution in [3.05, 3.63) is 54.9 Å². The minimum absolute atomic E-state index is 0.00388. The van der Waals surface area contributed by atoms with E-state index >= 15 is 0 Å². The van der Waals surface area contributed by atoms with Gasteiger partial charge in [0.25, 0.3) is 0 Å². The van der Waals surface area contributed by atoms with Crippen LogP contribution in [0.5, 0.6) is 0 Å². The number of nitrogens with one attached hydrogen (secondary N) is 2. The number of nitrogens with zero attached hydrogens (tertiary/aromatic N) is 4. The molecule has 3 aromatic rings. The van der Waals surface area contributed by atoms with Crippen LogP contribution >= 0.6 is 0 Å². The number of hydrogen-bond donors (Lipinski definition) is 3. The van der Waals surface area contributed by atoms with Crippen LogP contribution in [0.1, 0.15) is 13.8 Å².